The fourth-order valence-corrected chi connectivity index (χ4v) is 3.71. The first-order chi connectivity index (χ1) is 17.0. The van der Waals surface area contributed by atoms with Crippen LogP contribution in [0, 0.1) is 6.92 Å². The number of aromatic nitrogens is 5. The van der Waals surface area contributed by atoms with Crippen LogP contribution in [0.1, 0.15) is 43.8 Å². The molecule has 0 saturated carbocycles. The van der Waals surface area contributed by atoms with E-state index in [1.807, 2.05) is 0 Å². The van der Waals surface area contributed by atoms with E-state index in [2.05, 4.69) is 5.10 Å². The van der Waals surface area contributed by atoms with Crippen LogP contribution in [0.4, 0.5) is 22.0 Å². The molecule has 2 aliphatic rings. The number of carbonyl (C=O) groups excluding carboxylic acids is 2. The molecule has 1 aliphatic carbocycles. The highest BCUT2D eigenvalue weighted by atomic mass is 19.4. The smallest absolute Gasteiger partial charge is 0.292 e. The summed E-state index contributed by atoms with van der Waals surface area (Å²) in [6, 6.07) is 0.390. The summed E-state index contributed by atoms with van der Waals surface area (Å²) < 4.78 is 62.9. The average Bonchev–Trinajstić information content (AvgIpc) is 3.21. The molecular weight excluding hydrogens is 511 g/mol. The van der Waals surface area contributed by atoms with Crippen molar-refractivity contribution >= 4 is 11.8 Å². The number of rotatable bonds is 1. The summed E-state index contributed by atoms with van der Waals surface area (Å²) in [5.74, 6) is -0.128. The summed E-state index contributed by atoms with van der Waals surface area (Å²) in [5.41, 5.74) is -2.46. The van der Waals surface area contributed by atoms with E-state index in [9.17, 15) is 45.9 Å². The van der Waals surface area contributed by atoms with Crippen LogP contribution in [-0.4, -0.2) is 47.2 Å². The zero-order valence-corrected chi connectivity index (χ0v) is 20.6. The first-order valence-corrected chi connectivity index (χ1v) is 10.8. The molecule has 4 rings (SSSR count). The Labute approximate surface area is 206 Å². The lowest BCUT2D eigenvalue weighted by Gasteiger charge is -2.11. The lowest BCUT2D eigenvalue weighted by atomic mass is 9.93. The van der Waals surface area contributed by atoms with Gasteiger partial charge in [-0.05, 0) is 32.6 Å². The fourth-order valence-electron chi connectivity index (χ4n) is 3.71. The van der Waals surface area contributed by atoms with Gasteiger partial charge in [0.05, 0.1) is 0 Å². The number of nitrogens with zero attached hydrogens (tertiary/aromatic N) is 6. The largest absolute Gasteiger partial charge is 0.431 e. The number of hydrogen-bond acceptors (Lipinski definition) is 6. The minimum absolute atomic E-state index is 0.0208. The molecule has 0 spiro atoms. The molecule has 0 radical (unpaired) electrons. The Morgan fingerprint density at radius 3 is 1.68 bits per heavy atom. The molecule has 11 nitrogen and oxygen atoms in total. The molecule has 16 heteroatoms. The third kappa shape index (κ3) is 6.11. The molecule has 2 aromatic heterocycles. The third-order valence-electron chi connectivity index (χ3n) is 5.73. The number of hydrogen-bond donors (Lipinski definition) is 0. The van der Waals surface area contributed by atoms with E-state index in [4.69, 9.17) is 0 Å². The maximum atomic E-state index is 12.2. The summed E-state index contributed by atoms with van der Waals surface area (Å²) in [6.45, 7) is -1.45. The molecule has 1 aliphatic heterocycles. The molecule has 0 bridgehead atoms. The van der Waals surface area contributed by atoms with Crippen molar-refractivity contribution in [3.8, 4) is 0 Å². The Morgan fingerprint density at radius 1 is 0.838 bits per heavy atom. The van der Waals surface area contributed by atoms with Crippen molar-refractivity contribution in [3.05, 3.63) is 60.1 Å². The standard InChI is InChI=1S/C9H11NO2.C7H7F3N2O2.C5H7F2N3O/c1-10-8(11)6-4-2-3-5-7(6)9(10)12;1-11-4(7(8,9)10)3-5(13)12(2)6(11)14;1-3-8-9(2)5(11)10(3)4(6)7/h2-5H2,1H3;3H,1-2H3;4H,1-2H3. The number of alkyl halides is 5. The SMILES string of the molecule is CN1C(=O)C2=C(CCCC2)C1=O.Cc1nn(C)c(=O)n1C(F)F.Cn1c(C(F)(F)F)cc(=O)n(C)c1=O. The number of likely N-dealkylation sites (N-methyl/N-ethyl adjacent to an activating group) is 1. The topological polar surface area (TPSA) is 121 Å². The van der Waals surface area contributed by atoms with Crippen molar-refractivity contribution in [2.75, 3.05) is 7.05 Å². The number of halogens is 5. The first-order valence-electron chi connectivity index (χ1n) is 10.8. The van der Waals surface area contributed by atoms with E-state index < -0.39 is 35.4 Å². The molecular formula is C21H25F5N6O5. The van der Waals surface area contributed by atoms with Gasteiger partial charge in [-0.3, -0.25) is 28.4 Å². The molecule has 0 unspecified atom stereocenters. The van der Waals surface area contributed by atoms with Gasteiger partial charge in [0.15, 0.2) is 0 Å². The second-order valence-corrected chi connectivity index (χ2v) is 8.20. The number of carbonyl (C=O) groups is 2. The molecule has 3 heterocycles. The van der Waals surface area contributed by atoms with Gasteiger partial charge >= 0.3 is 24.1 Å². The van der Waals surface area contributed by atoms with Gasteiger partial charge < -0.3 is 0 Å². The van der Waals surface area contributed by atoms with E-state index >= 15 is 0 Å². The van der Waals surface area contributed by atoms with Gasteiger partial charge in [0.2, 0.25) is 0 Å². The van der Waals surface area contributed by atoms with Gasteiger partial charge in [0.1, 0.15) is 11.5 Å². The number of imide groups is 1. The summed E-state index contributed by atoms with van der Waals surface area (Å²) in [4.78, 5) is 56.8. The molecule has 204 valence electrons. The molecule has 0 saturated heterocycles. The van der Waals surface area contributed by atoms with E-state index in [1.54, 1.807) is 7.05 Å². The summed E-state index contributed by atoms with van der Waals surface area (Å²) >= 11 is 0. The minimum atomic E-state index is -4.69. The van der Waals surface area contributed by atoms with Crippen LogP contribution in [0.15, 0.2) is 31.6 Å². The van der Waals surface area contributed by atoms with Crippen LogP contribution in [0.25, 0.3) is 0 Å². The van der Waals surface area contributed by atoms with Crippen LogP contribution >= 0.6 is 0 Å². The van der Waals surface area contributed by atoms with Crippen molar-refractivity contribution in [2.45, 2.75) is 45.3 Å². The molecule has 0 N–H and O–H groups in total. The lowest BCUT2D eigenvalue weighted by Crippen LogP contribution is -2.39. The van der Waals surface area contributed by atoms with Crippen molar-refractivity contribution in [1.82, 2.24) is 28.4 Å². The zero-order valence-electron chi connectivity index (χ0n) is 20.6. The molecule has 0 fully saturated rings. The van der Waals surface area contributed by atoms with Crippen molar-refractivity contribution < 1.29 is 31.5 Å². The van der Waals surface area contributed by atoms with Crippen LogP contribution in [0.5, 0.6) is 0 Å². The van der Waals surface area contributed by atoms with Gasteiger partial charge in [0.25, 0.3) is 17.4 Å². The quantitative estimate of drug-likeness (QED) is 0.400. The Morgan fingerprint density at radius 2 is 1.32 bits per heavy atom. The van der Waals surface area contributed by atoms with E-state index in [-0.39, 0.29) is 17.6 Å². The minimum Gasteiger partial charge on any atom is -0.292 e. The van der Waals surface area contributed by atoms with Crippen LogP contribution in [0.3, 0.4) is 0 Å². The van der Waals surface area contributed by atoms with E-state index in [0.29, 0.717) is 19.8 Å². The summed E-state index contributed by atoms with van der Waals surface area (Å²) in [7, 11) is 4.96. The second-order valence-electron chi connectivity index (χ2n) is 8.20. The normalized spacial score (nSPS) is 15.4. The molecule has 2 amide bonds. The Bertz CT molecular complexity index is 1380. The van der Waals surface area contributed by atoms with Gasteiger partial charge in [-0.1, -0.05) is 0 Å². The Balaban J connectivity index is 0.000000197. The molecule has 2 aromatic rings. The van der Waals surface area contributed by atoms with Crippen LogP contribution in [-0.2, 0) is 36.9 Å². The molecule has 0 aromatic carbocycles. The highest BCUT2D eigenvalue weighted by Gasteiger charge is 2.36. The monoisotopic (exact) mass is 536 g/mol. The Hall–Kier alpha value is -3.85. The number of amides is 2. The zero-order chi connectivity index (χ0) is 28.4. The molecule has 37 heavy (non-hydrogen) atoms. The maximum absolute atomic E-state index is 12.2. The fraction of sp³-hybridized carbons (Fsp3) is 0.524. The summed E-state index contributed by atoms with van der Waals surface area (Å²) in [5, 5.41) is 3.52. The van der Waals surface area contributed by atoms with Crippen LogP contribution in [0.2, 0.25) is 0 Å². The van der Waals surface area contributed by atoms with Gasteiger partial charge in [-0.25, -0.2) is 18.8 Å². The highest BCUT2D eigenvalue weighted by molar-refractivity contribution is 6.19. The predicted molar refractivity (Wildman–Crippen MR) is 119 cm³/mol. The van der Waals surface area contributed by atoms with E-state index in [0.717, 1.165) is 55.6 Å². The summed E-state index contributed by atoms with van der Waals surface area (Å²) in [6.07, 6.45) is -1.01. The number of aryl methyl sites for hydroxylation is 2. The first kappa shape index (κ1) is 29.4. The van der Waals surface area contributed by atoms with E-state index in [1.165, 1.54) is 18.9 Å². The molecule has 0 atom stereocenters. The predicted octanol–water partition coefficient (Wildman–Crippen LogP) is 1.24. The van der Waals surface area contributed by atoms with Gasteiger partial charge in [-0.15, -0.1) is 0 Å². The van der Waals surface area contributed by atoms with Gasteiger partial charge in [-0.2, -0.15) is 27.1 Å². The highest BCUT2D eigenvalue weighted by Crippen LogP contribution is 2.31. The maximum Gasteiger partial charge on any atom is 0.431 e. The van der Waals surface area contributed by atoms with Gasteiger partial charge in [0, 0.05) is 45.4 Å². The average molecular weight is 536 g/mol. The Kier molecular flexibility index (Phi) is 8.77. The lowest BCUT2D eigenvalue weighted by molar-refractivity contribution is -0.144. The van der Waals surface area contributed by atoms with Crippen molar-refractivity contribution in [3.63, 3.8) is 0 Å². The van der Waals surface area contributed by atoms with Crippen molar-refractivity contribution in [1.29, 1.82) is 0 Å². The van der Waals surface area contributed by atoms with Crippen LogP contribution < -0.4 is 16.9 Å². The third-order valence-corrected chi connectivity index (χ3v) is 5.73. The second kappa shape index (κ2) is 11.0. The van der Waals surface area contributed by atoms with Crippen molar-refractivity contribution in [2.24, 2.45) is 21.1 Å².